The predicted octanol–water partition coefficient (Wildman–Crippen LogP) is 5.09. The van der Waals surface area contributed by atoms with Crippen LogP contribution >= 0.6 is 11.6 Å². The maximum Gasteiger partial charge on any atom is 0.173 e. The highest BCUT2D eigenvalue weighted by atomic mass is 35.5. The zero-order valence-electron chi connectivity index (χ0n) is 14.5. The van der Waals surface area contributed by atoms with Crippen LogP contribution in [-0.2, 0) is 0 Å². The zero-order valence-corrected chi connectivity index (χ0v) is 15.2. The van der Waals surface area contributed by atoms with E-state index in [4.69, 9.17) is 22.5 Å². The monoisotopic (exact) mass is 366 g/mol. The molecule has 0 saturated carbocycles. The van der Waals surface area contributed by atoms with Crippen molar-refractivity contribution >= 4 is 17.4 Å². The van der Waals surface area contributed by atoms with Crippen molar-refractivity contribution in [3.8, 4) is 28.0 Å². The maximum absolute atomic E-state index is 10.0. The zero-order chi connectivity index (χ0) is 18.8. The minimum absolute atomic E-state index is 0.0492. The van der Waals surface area contributed by atoms with E-state index in [1.807, 2.05) is 44.2 Å². The van der Waals surface area contributed by atoms with Gasteiger partial charge in [-0.3, -0.25) is 0 Å². The number of oxime groups is 1. The molecule has 0 atom stereocenters. The molecule has 0 aliphatic carbocycles. The maximum atomic E-state index is 10.0. The van der Waals surface area contributed by atoms with E-state index in [-0.39, 0.29) is 17.1 Å². The largest absolute Gasteiger partial charge is 0.507 e. The number of hydrogen-bond acceptors (Lipinski definition) is 3. The van der Waals surface area contributed by atoms with E-state index < -0.39 is 0 Å². The molecule has 132 valence electrons. The molecule has 0 amide bonds. The Morgan fingerprint density at radius 1 is 0.885 bits per heavy atom. The second-order valence-electron chi connectivity index (χ2n) is 6.25. The Balaban J connectivity index is 2.27. The number of nitrogens with zero attached hydrogens (tertiary/aromatic N) is 1. The molecule has 3 rings (SSSR count). The number of amidine groups is 1. The van der Waals surface area contributed by atoms with Crippen LogP contribution < -0.4 is 5.73 Å². The molecule has 4 nitrogen and oxygen atoms in total. The van der Waals surface area contributed by atoms with Crippen LogP contribution in [0.4, 0.5) is 0 Å². The van der Waals surface area contributed by atoms with Crippen LogP contribution in [0.1, 0.15) is 16.7 Å². The van der Waals surface area contributed by atoms with Gasteiger partial charge in [0.2, 0.25) is 0 Å². The average molecular weight is 367 g/mol. The average Bonchev–Trinajstić information content (AvgIpc) is 2.63. The van der Waals surface area contributed by atoms with E-state index in [1.165, 1.54) is 6.07 Å². The van der Waals surface area contributed by atoms with Crippen molar-refractivity contribution in [2.24, 2.45) is 10.9 Å². The molecule has 0 heterocycles. The highest BCUT2D eigenvalue weighted by Gasteiger charge is 2.14. The highest BCUT2D eigenvalue weighted by Crippen LogP contribution is 2.38. The number of benzene rings is 3. The summed E-state index contributed by atoms with van der Waals surface area (Å²) in [6.07, 6.45) is 0. The lowest BCUT2D eigenvalue weighted by Crippen LogP contribution is -2.13. The number of phenolic OH excluding ortho intramolecular Hbond substituents is 1. The Kier molecular flexibility index (Phi) is 4.87. The van der Waals surface area contributed by atoms with Gasteiger partial charge in [-0.25, -0.2) is 0 Å². The number of hydrogen-bond donors (Lipinski definition) is 3. The topological polar surface area (TPSA) is 78.8 Å². The lowest BCUT2D eigenvalue weighted by atomic mass is 9.91. The van der Waals surface area contributed by atoms with E-state index in [1.54, 1.807) is 12.1 Å². The lowest BCUT2D eigenvalue weighted by Gasteiger charge is -2.15. The van der Waals surface area contributed by atoms with Crippen LogP contribution in [0.15, 0.2) is 59.8 Å². The molecule has 0 aliphatic rings. The van der Waals surface area contributed by atoms with Crippen LogP contribution in [0.2, 0.25) is 5.02 Å². The summed E-state index contributed by atoms with van der Waals surface area (Å²) in [6.45, 7) is 4.03. The SMILES string of the molecule is Cc1ccc(Cl)c(-c2ccc(C)cc2-c2ccc(O)c(/C(N)=N/O)c2)c1. The fourth-order valence-electron chi connectivity index (χ4n) is 2.94. The van der Waals surface area contributed by atoms with Crippen molar-refractivity contribution in [3.63, 3.8) is 0 Å². The summed E-state index contributed by atoms with van der Waals surface area (Å²) in [5.41, 5.74) is 11.8. The first kappa shape index (κ1) is 17.8. The van der Waals surface area contributed by atoms with Crippen LogP contribution in [0.3, 0.4) is 0 Å². The molecule has 0 saturated heterocycles. The molecule has 0 fully saturated rings. The second-order valence-corrected chi connectivity index (χ2v) is 6.66. The molecule has 0 radical (unpaired) electrons. The van der Waals surface area contributed by atoms with E-state index in [0.717, 1.165) is 33.4 Å². The summed E-state index contributed by atoms with van der Waals surface area (Å²) in [4.78, 5) is 0. The minimum Gasteiger partial charge on any atom is -0.507 e. The summed E-state index contributed by atoms with van der Waals surface area (Å²) in [7, 11) is 0. The summed E-state index contributed by atoms with van der Waals surface area (Å²) in [6, 6.07) is 17.0. The molecule has 0 aliphatic heterocycles. The summed E-state index contributed by atoms with van der Waals surface area (Å²) >= 11 is 6.45. The van der Waals surface area contributed by atoms with Gasteiger partial charge < -0.3 is 16.0 Å². The molecular weight excluding hydrogens is 348 g/mol. The first-order valence-electron chi connectivity index (χ1n) is 8.09. The summed E-state index contributed by atoms with van der Waals surface area (Å²) in [5.74, 6) is -0.195. The van der Waals surface area contributed by atoms with E-state index in [9.17, 15) is 5.11 Å². The third kappa shape index (κ3) is 3.37. The smallest absolute Gasteiger partial charge is 0.173 e. The minimum atomic E-state index is -0.146. The van der Waals surface area contributed by atoms with Crippen LogP contribution in [0, 0.1) is 13.8 Å². The summed E-state index contributed by atoms with van der Waals surface area (Å²) < 4.78 is 0. The Hall–Kier alpha value is -2.98. The standard InChI is InChI=1S/C21H19ClN2O2/c1-12-3-6-15(17-10-13(2)4-7-19(17)22)16(9-12)14-5-8-20(25)18(11-14)21(23)24-26/h3-11,25-26H,1-2H3,(H2,23,24). The number of rotatable bonds is 3. The van der Waals surface area contributed by atoms with E-state index in [2.05, 4.69) is 11.2 Å². The van der Waals surface area contributed by atoms with Gasteiger partial charge in [0.1, 0.15) is 5.75 Å². The van der Waals surface area contributed by atoms with Gasteiger partial charge in [0.05, 0.1) is 5.56 Å². The molecule has 0 unspecified atom stereocenters. The lowest BCUT2D eigenvalue weighted by molar-refractivity contribution is 0.318. The Morgan fingerprint density at radius 2 is 1.54 bits per heavy atom. The molecule has 26 heavy (non-hydrogen) atoms. The summed E-state index contributed by atoms with van der Waals surface area (Å²) in [5, 5.41) is 22.6. The van der Waals surface area contributed by atoms with Crippen LogP contribution in [0.25, 0.3) is 22.3 Å². The van der Waals surface area contributed by atoms with Gasteiger partial charge >= 0.3 is 0 Å². The number of aryl methyl sites for hydroxylation is 2. The highest BCUT2D eigenvalue weighted by molar-refractivity contribution is 6.33. The number of phenols is 1. The van der Waals surface area contributed by atoms with Crippen molar-refractivity contribution in [1.29, 1.82) is 0 Å². The van der Waals surface area contributed by atoms with Gasteiger partial charge in [0.15, 0.2) is 5.84 Å². The molecule has 4 N–H and O–H groups in total. The van der Waals surface area contributed by atoms with Crippen molar-refractivity contribution in [2.45, 2.75) is 13.8 Å². The van der Waals surface area contributed by atoms with Crippen molar-refractivity contribution < 1.29 is 10.3 Å². The Labute approximate surface area is 157 Å². The van der Waals surface area contributed by atoms with Crippen LogP contribution in [-0.4, -0.2) is 16.1 Å². The Morgan fingerprint density at radius 3 is 2.23 bits per heavy atom. The predicted molar refractivity (Wildman–Crippen MR) is 106 cm³/mol. The number of nitrogens with two attached hydrogens (primary N) is 1. The molecular formula is C21H19ClN2O2. The third-order valence-electron chi connectivity index (χ3n) is 4.28. The van der Waals surface area contributed by atoms with E-state index in [0.29, 0.717) is 5.02 Å². The second kappa shape index (κ2) is 7.10. The fourth-order valence-corrected chi connectivity index (χ4v) is 3.16. The molecule has 0 bridgehead atoms. The first-order valence-corrected chi connectivity index (χ1v) is 8.47. The molecule has 0 aromatic heterocycles. The van der Waals surface area contributed by atoms with Gasteiger partial charge in [-0.15, -0.1) is 0 Å². The van der Waals surface area contributed by atoms with Crippen molar-refractivity contribution in [3.05, 3.63) is 76.3 Å². The molecule has 5 heteroatoms. The van der Waals surface area contributed by atoms with Crippen molar-refractivity contribution in [2.75, 3.05) is 0 Å². The number of halogens is 1. The number of aromatic hydroxyl groups is 1. The van der Waals surface area contributed by atoms with Crippen LogP contribution in [0.5, 0.6) is 5.75 Å². The fraction of sp³-hybridized carbons (Fsp3) is 0.0952. The normalized spacial score (nSPS) is 11.6. The van der Waals surface area contributed by atoms with Gasteiger partial charge in [-0.1, -0.05) is 58.2 Å². The third-order valence-corrected chi connectivity index (χ3v) is 4.61. The van der Waals surface area contributed by atoms with Gasteiger partial charge in [-0.2, -0.15) is 0 Å². The van der Waals surface area contributed by atoms with Crippen molar-refractivity contribution in [1.82, 2.24) is 0 Å². The first-order chi connectivity index (χ1) is 12.4. The molecule has 3 aromatic carbocycles. The van der Waals surface area contributed by atoms with Gasteiger partial charge in [0.25, 0.3) is 0 Å². The van der Waals surface area contributed by atoms with Gasteiger partial charge in [0, 0.05) is 10.6 Å². The molecule has 0 spiro atoms. The quantitative estimate of drug-likeness (QED) is 0.261. The molecule has 3 aromatic rings. The Bertz CT molecular complexity index is 1010. The van der Waals surface area contributed by atoms with Gasteiger partial charge in [-0.05, 0) is 54.8 Å². The van der Waals surface area contributed by atoms with E-state index >= 15 is 0 Å².